The van der Waals surface area contributed by atoms with E-state index in [4.69, 9.17) is 11.6 Å². The highest BCUT2D eigenvalue weighted by Gasteiger charge is 2.48. The van der Waals surface area contributed by atoms with Crippen molar-refractivity contribution < 1.29 is 0 Å². The molecule has 0 aromatic carbocycles. The van der Waals surface area contributed by atoms with Crippen LogP contribution < -0.4 is 10.2 Å². The number of anilines is 2. The molecule has 0 bridgehead atoms. The Hall–Kier alpha value is -1.26. The van der Waals surface area contributed by atoms with Crippen molar-refractivity contribution in [2.45, 2.75) is 50.3 Å². The van der Waals surface area contributed by atoms with Crippen molar-refractivity contribution >= 4 is 35.3 Å². The lowest BCUT2D eigenvalue weighted by Crippen LogP contribution is -2.42. The molecule has 1 saturated heterocycles. The Labute approximate surface area is 134 Å². The first-order valence-corrected chi connectivity index (χ1v) is 8.20. The maximum Gasteiger partial charge on any atom is 0.233 e. The zero-order chi connectivity index (χ0) is 15.6. The molecule has 1 aromatic heterocycles. The van der Waals surface area contributed by atoms with Crippen LogP contribution in [-0.2, 0) is 0 Å². The summed E-state index contributed by atoms with van der Waals surface area (Å²) in [7, 11) is 0. The highest BCUT2D eigenvalue weighted by molar-refractivity contribution is 8.01. The molecular formula is C13H19ClN6S. The fourth-order valence-electron chi connectivity index (χ4n) is 2.41. The minimum atomic E-state index is -0.305. The van der Waals surface area contributed by atoms with Crippen molar-refractivity contribution in [2.24, 2.45) is 0 Å². The van der Waals surface area contributed by atoms with Crippen molar-refractivity contribution in [3.05, 3.63) is 5.28 Å². The Balaban J connectivity index is 2.45. The Kier molecular flexibility index (Phi) is 4.79. The van der Waals surface area contributed by atoms with E-state index in [2.05, 4.69) is 47.1 Å². The summed E-state index contributed by atoms with van der Waals surface area (Å²) in [5, 5.41) is 12.9. The van der Waals surface area contributed by atoms with Crippen LogP contribution in [0, 0.1) is 11.3 Å². The number of hydrogen-bond acceptors (Lipinski definition) is 7. The monoisotopic (exact) mass is 326 g/mol. The summed E-state index contributed by atoms with van der Waals surface area (Å²) in [5.74, 6) is 0.899. The number of hydrogen-bond donors (Lipinski definition) is 1. The zero-order valence-electron chi connectivity index (χ0n) is 12.6. The number of nitrogens with one attached hydrogen (secondary N) is 1. The van der Waals surface area contributed by atoms with Gasteiger partial charge in [0.25, 0.3) is 0 Å². The number of halogens is 1. The Bertz CT molecular complexity index is 558. The maximum absolute atomic E-state index is 9.56. The van der Waals surface area contributed by atoms with E-state index in [-0.39, 0.29) is 21.4 Å². The smallest absolute Gasteiger partial charge is 0.233 e. The van der Waals surface area contributed by atoms with Gasteiger partial charge in [-0.1, -0.05) is 6.92 Å². The van der Waals surface area contributed by atoms with Crippen LogP contribution in [0.3, 0.4) is 0 Å². The third-order valence-electron chi connectivity index (χ3n) is 3.32. The van der Waals surface area contributed by atoms with Crippen LogP contribution in [0.25, 0.3) is 0 Å². The molecular weight excluding hydrogens is 308 g/mol. The minimum absolute atomic E-state index is 0.136. The largest absolute Gasteiger partial charge is 0.354 e. The standard InChI is InChI=1S/C13H19ClN6S/c1-5-9-20(8(7-15)13(3,4)21-9)12-18-10(14)17-11(19-12)16-6-2/h8-9H,5-6H2,1-4H3,(H,16,17,18,19). The molecule has 1 aliphatic rings. The predicted molar refractivity (Wildman–Crippen MR) is 86.6 cm³/mol. The second kappa shape index (κ2) is 6.24. The van der Waals surface area contributed by atoms with Crippen molar-refractivity contribution in [3.8, 4) is 6.07 Å². The van der Waals surface area contributed by atoms with E-state index >= 15 is 0 Å². The van der Waals surface area contributed by atoms with E-state index in [0.717, 1.165) is 6.42 Å². The van der Waals surface area contributed by atoms with E-state index in [0.29, 0.717) is 18.4 Å². The van der Waals surface area contributed by atoms with Gasteiger partial charge in [0.1, 0.15) is 6.04 Å². The van der Waals surface area contributed by atoms with Crippen molar-refractivity contribution in [2.75, 3.05) is 16.8 Å². The summed E-state index contributed by atoms with van der Waals surface area (Å²) in [4.78, 5) is 14.6. The molecule has 0 spiro atoms. The van der Waals surface area contributed by atoms with Gasteiger partial charge >= 0.3 is 0 Å². The Morgan fingerprint density at radius 1 is 1.38 bits per heavy atom. The van der Waals surface area contributed by atoms with Gasteiger partial charge in [-0.3, -0.25) is 0 Å². The van der Waals surface area contributed by atoms with Crippen molar-refractivity contribution in [1.82, 2.24) is 15.0 Å². The van der Waals surface area contributed by atoms with Crippen LogP contribution in [0.4, 0.5) is 11.9 Å². The molecule has 2 heterocycles. The molecule has 6 nitrogen and oxygen atoms in total. The van der Waals surface area contributed by atoms with Gasteiger partial charge in [0, 0.05) is 11.3 Å². The lowest BCUT2D eigenvalue weighted by atomic mass is 10.0. The molecule has 1 N–H and O–H groups in total. The predicted octanol–water partition coefficient (Wildman–Crippen LogP) is 2.92. The fourth-order valence-corrected chi connectivity index (χ4v) is 4.06. The first-order chi connectivity index (χ1) is 9.92. The third kappa shape index (κ3) is 3.16. The van der Waals surface area contributed by atoms with Gasteiger partial charge < -0.3 is 10.2 Å². The highest BCUT2D eigenvalue weighted by Crippen LogP contribution is 2.46. The summed E-state index contributed by atoms with van der Waals surface area (Å²) >= 11 is 7.77. The van der Waals surface area contributed by atoms with Gasteiger partial charge in [0.2, 0.25) is 17.2 Å². The van der Waals surface area contributed by atoms with E-state index in [1.807, 2.05) is 11.8 Å². The van der Waals surface area contributed by atoms with Gasteiger partial charge in [0.05, 0.1) is 11.4 Å². The number of rotatable bonds is 4. The normalized spacial score (nSPS) is 23.9. The molecule has 1 aliphatic heterocycles. The van der Waals surface area contributed by atoms with Gasteiger partial charge in [0.15, 0.2) is 0 Å². The van der Waals surface area contributed by atoms with Gasteiger partial charge in [-0.25, -0.2) is 0 Å². The maximum atomic E-state index is 9.56. The molecule has 0 radical (unpaired) electrons. The average Bonchev–Trinajstić information content (AvgIpc) is 2.68. The number of thioether (sulfide) groups is 1. The average molecular weight is 327 g/mol. The third-order valence-corrected chi connectivity index (χ3v) is 5.15. The Morgan fingerprint density at radius 3 is 2.67 bits per heavy atom. The van der Waals surface area contributed by atoms with Crippen LogP contribution in [-0.4, -0.2) is 37.7 Å². The summed E-state index contributed by atoms with van der Waals surface area (Å²) < 4.78 is -0.188. The van der Waals surface area contributed by atoms with Crippen LogP contribution >= 0.6 is 23.4 Å². The fraction of sp³-hybridized carbons (Fsp3) is 0.692. The van der Waals surface area contributed by atoms with E-state index in [1.165, 1.54) is 0 Å². The Morgan fingerprint density at radius 2 is 2.10 bits per heavy atom. The quantitative estimate of drug-likeness (QED) is 0.911. The summed E-state index contributed by atoms with van der Waals surface area (Å²) in [6.45, 7) is 8.89. The number of nitriles is 1. The summed E-state index contributed by atoms with van der Waals surface area (Å²) in [5.41, 5.74) is 0. The van der Waals surface area contributed by atoms with Crippen LogP contribution in [0.2, 0.25) is 5.28 Å². The topological polar surface area (TPSA) is 77.7 Å². The number of nitrogens with zero attached hydrogens (tertiary/aromatic N) is 5. The van der Waals surface area contributed by atoms with Crippen LogP contribution in [0.5, 0.6) is 0 Å². The van der Waals surface area contributed by atoms with Crippen molar-refractivity contribution in [1.29, 1.82) is 5.26 Å². The van der Waals surface area contributed by atoms with Crippen molar-refractivity contribution in [3.63, 3.8) is 0 Å². The second-order valence-electron chi connectivity index (χ2n) is 5.28. The molecule has 0 aliphatic carbocycles. The highest BCUT2D eigenvalue weighted by atomic mass is 35.5. The molecule has 2 unspecified atom stereocenters. The van der Waals surface area contributed by atoms with E-state index in [9.17, 15) is 5.26 Å². The number of aromatic nitrogens is 3. The molecule has 8 heteroatoms. The first kappa shape index (κ1) is 16.1. The molecule has 114 valence electrons. The summed E-state index contributed by atoms with van der Waals surface area (Å²) in [6, 6.07) is 2.07. The summed E-state index contributed by atoms with van der Waals surface area (Å²) in [6.07, 6.45) is 0.895. The SMILES string of the molecule is CCNc1nc(Cl)nc(N2C(CC)SC(C)(C)C2C#N)n1. The van der Waals surface area contributed by atoms with E-state index < -0.39 is 0 Å². The van der Waals surface area contributed by atoms with E-state index in [1.54, 1.807) is 11.8 Å². The lowest BCUT2D eigenvalue weighted by Gasteiger charge is -2.27. The van der Waals surface area contributed by atoms with Gasteiger partial charge in [-0.15, -0.1) is 11.8 Å². The molecule has 21 heavy (non-hydrogen) atoms. The minimum Gasteiger partial charge on any atom is -0.354 e. The lowest BCUT2D eigenvalue weighted by molar-refractivity contribution is 0.587. The molecule has 0 saturated carbocycles. The first-order valence-electron chi connectivity index (χ1n) is 6.94. The zero-order valence-corrected chi connectivity index (χ0v) is 14.2. The second-order valence-corrected chi connectivity index (χ2v) is 7.45. The van der Waals surface area contributed by atoms with Crippen LogP contribution in [0.1, 0.15) is 34.1 Å². The van der Waals surface area contributed by atoms with Gasteiger partial charge in [-0.2, -0.15) is 20.2 Å². The molecule has 1 aromatic rings. The molecule has 2 atom stereocenters. The van der Waals surface area contributed by atoms with Gasteiger partial charge in [-0.05, 0) is 38.8 Å². The molecule has 2 rings (SSSR count). The molecule has 0 amide bonds. The van der Waals surface area contributed by atoms with Crippen LogP contribution in [0.15, 0.2) is 0 Å². The molecule has 1 fully saturated rings.